The van der Waals surface area contributed by atoms with Crippen LogP contribution in [0.5, 0.6) is 5.75 Å². The lowest BCUT2D eigenvalue weighted by atomic mass is 9.77. The monoisotopic (exact) mass is 533 g/mol. The van der Waals surface area contributed by atoms with Gasteiger partial charge in [0.1, 0.15) is 11.6 Å². The summed E-state index contributed by atoms with van der Waals surface area (Å²) >= 11 is 0. The van der Waals surface area contributed by atoms with Crippen LogP contribution >= 0.6 is 0 Å². The number of alkyl halides is 2. The minimum atomic E-state index is -3.07. The van der Waals surface area contributed by atoms with E-state index in [1.165, 1.54) is 28.8 Å². The number of rotatable bonds is 4. The summed E-state index contributed by atoms with van der Waals surface area (Å²) in [6.07, 6.45) is 1.23. The summed E-state index contributed by atoms with van der Waals surface area (Å²) in [5.74, 6) is -7.36. The van der Waals surface area contributed by atoms with Crippen LogP contribution in [0.1, 0.15) is 54.0 Å². The average Bonchev–Trinajstić information content (AvgIpc) is 3.10. The number of carbonyl (C=O) groups is 3. The fourth-order valence-corrected chi connectivity index (χ4v) is 5.45. The molecular weight excluding hydrogens is 507 g/mol. The lowest BCUT2D eigenvalue weighted by molar-refractivity contribution is -0.147. The Morgan fingerprint density at radius 1 is 1.11 bits per heavy atom. The second kappa shape index (κ2) is 9.44. The molecule has 0 atom stereocenters. The molecule has 1 aliphatic carbocycles. The molecule has 2 aromatic rings. The summed E-state index contributed by atoms with van der Waals surface area (Å²) < 4.78 is 41.6. The molecule has 0 radical (unpaired) electrons. The summed E-state index contributed by atoms with van der Waals surface area (Å²) in [7, 11) is 0. The van der Waals surface area contributed by atoms with E-state index in [-0.39, 0.29) is 31.4 Å². The molecular formula is C25H26F3N5O5. The van der Waals surface area contributed by atoms with E-state index in [0.29, 0.717) is 31.2 Å². The average molecular weight is 534 g/mol. The number of hydrogen-bond acceptors (Lipinski definition) is 6. The molecule has 10 nitrogen and oxygen atoms in total. The Balaban J connectivity index is 1.44. The maximum Gasteiger partial charge on any atom is 0.312 e. The van der Waals surface area contributed by atoms with E-state index in [9.17, 15) is 37.5 Å². The molecule has 1 aromatic carbocycles. The third-order valence-corrected chi connectivity index (χ3v) is 7.56. The van der Waals surface area contributed by atoms with Crippen molar-refractivity contribution in [3.05, 3.63) is 57.5 Å². The van der Waals surface area contributed by atoms with Gasteiger partial charge < -0.3 is 20.6 Å². The molecule has 3 aliphatic heterocycles. The van der Waals surface area contributed by atoms with Crippen LogP contribution in [0.3, 0.4) is 0 Å². The van der Waals surface area contributed by atoms with E-state index < -0.39 is 65.0 Å². The van der Waals surface area contributed by atoms with Crippen LogP contribution in [-0.4, -0.2) is 56.3 Å². The number of halogens is 3. The quantitative estimate of drug-likeness (QED) is 0.509. The number of aromatic nitrogens is 2. The van der Waals surface area contributed by atoms with Gasteiger partial charge in [0.2, 0.25) is 5.75 Å². The van der Waals surface area contributed by atoms with Gasteiger partial charge >= 0.3 is 11.8 Å². The molecule has 4 aliphatic rings. The Morgan fingerprint density at radius 2 is 1.79 bits per heavy atom. The first-order valence-corrected chi connectivity index (χ1v) is 12.3. The summed E-state index contributed by atoms with van der Waals surface area (Å²) in [4.78, 5) is 56.8. The number of hydrogen-bond donors (Lipinski definition) is 3. The summed E-state index contributed by atoms with van der Waals surface area (Å²) in [6, 6.07) is 5.37. The highest BCUT2D eigenvalue weighted by Gasteiger charge is 2.48. The van der Waals surface area contributed by atoms with Crippen molar-refractivity contribution >= 4 is 17.7 Å². The van der Waals surface area contributed by atoms with Crippen molar-refractivity contribution in [3.63, 3.8) is 0 Å². The van der Waals surface area contributed by atoms with Crippen LogP contribution in [-0.2, 0) is 28.2 Å². The lowest BCUT2D eigenvalue weighted by Crippen LogP contribution is -2.54. The minimum absolute atomic E-state index is 0.0279. The smallest absolute Gasteiger partial charge is 0.312 e. The highest BCUT2D eigenvalue weighted by Crippen LogP contribution is 2.43. The normalized spacial score (nSPS) is 23.4. The Kier molecular flexibility index (Phi) is 6.40. The summed E-state index contributed by atoms with van der Waals surface area (Å²) in [5.41, 5.74) is -2.15. The molecule has 4 heterocycles. The third-order valence-electron chi connectivity index (χ3n) is 7.56. The summed E-state index contributed by atoms with van der Waals surface area (Å²) in [5, 5.41) is 15.7. The fraction of sp³-hybridized carbons (Fsp3) is 0.480. The van der Waals surface area contributed by atoms with Gasteiger partial charge in [-0.15, -0.1) is 0 Å². The first-order chi connectivity index (χ1) is 18.0. The number of nitrogens with zero attached hydrogens (tertiary/aromatic N) is 3. The van der Waals surface area contributed by atoms with Crippen LogP contribution in [0.2, 0.25) is 0 Å². The molecule has 1 saturated heterocycles. The zero-order valence-electron chi connectivity index (χ0n) is 20.3. The Bertz CT molecular complexity index is 1350. The predicted molar refractivity (Wildman–Crippen MR) is 126 cm³/mol. The van der Waals surface area contributed by atoms with Gasteiger partial charge in [-0.1, -0.05) is 12.1 Å². The van der Waals surface area contributed by atoms with E-state index in [1.54, 1.807) is 0 Å². The van der Waals surface area contributed by atoms with Crippen LogP contribution in [0.15, 0.2) is 29.1 Å². The number of likely N-dealkylation sites (tertiary alicyclic amines) is 1. The Morgan fingerprint density at radius 3 is 2.42 bits per heavy atom. The van der Waals surface area contributed by atoms with Gasteiger partial charge in [-0.25, -0.2) is 18.2 Å². The van der Waals surface area contributed by atoms with Gasteiger partial charge in [0.25, 0.3) is 17.4 Å². The summed E-state index contributed by atoms with van der Waals surface area (Å²) in [6.45, 7) is -0.933. The Hall–Kier alpha value is -3.90. The first kappa shape index (κ1) is 25.7. The van der Waals surface area contributed by atoms with Crippen LogP contribution < -0.4 is 16.2 Å². The van der Waals surface area contributed by atoms with Crippen molar-refractivity contribution in [1.29, 1.82) is 0 Å². The topological polar surface area (TPSA) is 134 Å². The van der Waals surface area contributed by atoms with Crippen LogP contribution in [0, 0.1) is 11.7 Å². The van der Waals surface area contributed by atoms with Crippen LogP contribution in [0.4, 0.5) is 13.2 Å². The molecule has 3 amide bonds. The number of benzene rings is 1. The number of carbonyl (C=O) groups excluding carboxylic acids is 3. The van der Waals surface area contributed by atoms with E-state index in [1.807, 2.05) is 0 Å². The van der Waals surface area contributed by atoms with Gasteiger partial charge in [0, 0.05) is 26.1 Å². The van der Waals surface area contributed by atoms with Gasteiger partial charge in [-0.05, 0) is 49.3 Å². The van der Waals surface area contributed by atoms with E-state index in [0.717, 1.165) is 4.90 Å². The van der Waals surface area contributed by atoms with Gasteiger partial charge in [-0.2, -0.15) is 0 Å². The highest BCUT2D eigenvalue weighted by molar-refractivity contribution is 6.35. The molecule has 3 N–H and O–H groups in total. The fourth-order valence-electron chi connectivity index (χ4n) is 5.45. The van der Waals surface area contributed by atoms with Gasteiger partial charge in [-0.3, -0.25) is 23.7 Å². The molecule has 2 fully saturated rings. The maximum absolute atomic E-state index is 13.6. The Labute approximate surface area is 214 Å². The van der Waals surface area contributed by atoms with Crippen LogP contribution in [0.25, 0.3) is 0 Å². The second-order valence-corrected chi connectivity index (χ2v) is 10.2. The largest absolute Gasteiger partial charge is 0.501 e. The molecule has 202 valence electrons. The molecule has 2 bridgehead atoms. The standard InChI is InChI=1S/C25H26F3N5O5/c26-16-3-1-14(2-4-16)11-29-19(35)17-18(34)21(37)33-12-15-5-7-24(8-6-15,23(33)30-17)31-20(36)22(38)32-10-9-25(27,28)13-32/h1-4,15,34H,5-13H2,(H,29,35)(H,31,36). The molecule has 1 saturated carbocycles. The van der Waals surface area contributed by atoms with Crippen molar-refractivity contribution in [2.75, 3.05) is 13.1 Å². The molecule has 0 spiro atoms. The number of nitrogens with one attached hydrogen (secondary N) is 2. The van der Waals surface area contributed by atoms with Gasteiger partial charge in [0.15, 0.2) is 5.69 Å². The van der Waals surface area contributed by atoms with E-state index in [2.05, 4.69) is 15.6 Å². The third kappa shape index (κ3) is 4.72. The number of aromatic hydroxyl groups is 1. The second-order valence-electron chi connectivity index (χ2n) is 10.2. The number of amides is 3. The van der Waals surface area contributed by atoms with Crippen molar-refractivity contribution in [3.8, 4) is 5.75 Å². The molecule has 38 heavy (non-hydrogen) atoms. The number of fused-ring (bicyclic) bond motifs is 2. The molecule has 13 heteroatoms. The zero-order valence-corrected chi connectivity index (χ0v) is 20.3. The van der Waals surface area contributed by atoms with Crippen molar-refractivity contribution < 1.29 is 32.7 Å². The molecule has 6 rings (SSSR count). The lowest BCUT2D eigenvalue weighted by Gasteiger charge is -2.37. The SMILES string of the molecule is O=C(NC12CCC(CC1)Cn1c2nc(C(=O)NCc2ccc(F)cc2)c(O)c1=O)C(=O)N1CCC(F)(F)C1. The van der Waals surface area contributed by atoms with E-state index in [4.69, 9.17) is 0 Å². The molecule has 1 aromatic heterocycles. The van der Waals surface area contributed by atoms with Gasteiger partial charge in [0.05, 0.1) is 12.1 Å². The minimum Gasteiger partial charge on any atom is -0.501 e. The predicted octanol–water partition coefficient (Wildman–Crippen LogP) is 1.40. The van der Waals surface area contributed by atoms with Crippen molar-refractivity contribution in [1.82, 2.24) is 25.1 Å². The van der Waals surface area contributed by atoms with E-state index >= 15 is 0 Å². The zero-order chi connectivity index (χ0) is 27.2. The maximum atomic E-state index is 13.6. The highest BCUT2D eigenvalue weighted by atomic mass is 19.3. The van der Waals surface area contributed by atoms with Crippen molar-refractivity contribution in [2.45, 2.75) is 56.7 Å². The molecule has 0 unspecified atom stereocenters. The van der Waals surface area contributed by atoms with Crippen molar-refractivity contribution in [2.24, 2.45) is 5.92 Å². The first-order valence-electron chi connectivity index (χ1n) is 12.3.